The van der Waals surface area contributed by atoms with Gasteiger partial charge in [-0.25, -0.2) is 0 Å². The van der Waals surface area contributed by atoms with Crippen LogP contribution in [0.15, 0.2) is 0 Å². The second-order valence-corrected chi connectivity index (χ2v) is 4.31. The maximum Gasteiger partial charge on any atom is 0.519 e. The average Bonchev–Trinajstić information content (AvgIpc) is 1.85. The van der Waals surface area contributed by atoms with Gasteiger partial charge in [-0.05, 0) is 17.2 Å². The number of thioether (sulfide) groups is 1. The zero-order valence-corrected chi connectivity index (χ0v) is 7.50. The summed E-state index contributed by atoms with van der Waals surface area (Å²) in [7, 11) is -1.37. The Morgan fingerprint density at radius 1 is 1.56 bits per heavy atom. The van der Waals surface area contributed by atoms with Crippen LogP contribution in [0.4, 0.5) is 0 Å². The molecule has 0 aliphatic carbocycles. The Balaban J connectivity index is 3.06. The van der Waals surface area contributed by atoms with Crippen LogP contribution in [0, 0.1) is 0 Å². The highest BCUT2D eigenvalue weighted by atomic mass is 32.2. The van der Waals surface area contributed by atoms with Crippen LogP contribution in [-0.2, 0) is 9.09 Å². The highest BCUT2D eigenvalue weighted by Gasteiger charge is 2.13. The lowest BCUT2D eigenvalue weighted by molar-refractivity contribution is 0.353. The van der Waals surface area contributed by atoms with Crippen molar-refractivity contribution in [3.8, 4) is 0 Å². The van der Waals surface area contributed by atoms with Crippen LogP contribution in [0.25, 0.3) is 0 Å². The molecule has 0 rings (SSSR count). The zero-order chi connectivity index (χ0) is 7.11. The molecule has 0 spiro atoms. The van der Waals surface area contributed by atoms with E-state index in [2.05, 4.69) is 0 Å². The zero-order valence-electron chi connectivity index (χ0n) is 5.79. The summed E-state index contributed by atoms with van der Waals surface area (Å²) in [6.45, 7) is 4.45. The first-order valence-electron chi connectivity index (χ1n) is 2.96. The third-order valence-electron chi connectivity index (χ3n) is 0.674. The molecule has 0 radical (unpaired) electrons. The maximum absolute atomic E-state index is 10.7. The summed E-state index contributed by atoms with van der Waals surface area (Å²) in [5, 5.41) is 0. The molecule has 1 unspecified atom stereocenters. The molecule has 0 amide bonds. The predicted octanol–water partition coefficient (Wildman–Crippen LogP) is 2.48. The van der Waals surface area contributed by atoms with Crippen LogP contribution in [0.2, 0.25) is 0 Å². The maximum atomic E-state index is 10.7. The largest absolute Gasteiger partial charge is 0.519 e. The molecular formula is C5H12O2PS+. The molecule has 2 nitrogen and oxygen atoms in total. The van der Waals surface area contributed by atoms with Crippen LogP contribution in [0.5, 0.6) is 0 Å². The minimum atomic E-state index is -1.37. The van der Waals surface area contributed by atoms with Gasteiger partial charge in [-0.15, -0.1) is 16.3 Å². The van der Waals surface area contributed by atoms with Crippen molar-refractivity contribution in [3.63, 3.8) is 0 Å². The summed E-state index contributed by atoms with van der Waals surface area (Å²) >= 11 is 1.65. The van der Waals surface area contributed by atoms with Crippen LogP contribution >= 0.6 is 19.8 Å². The fraction of sp³-hybridized carbons (Fsp3) is 1.00. The van der Waals surface area contributed by atoms with Gasteiger partial charge in [0.05, 0.1) is 6.61 Å². The molecule has 0 fully saturated rings. The van der Waals surface area contributed by atoms with E-state index < -0.39 is 8.03 Å². The summed E-state index contributed by atoms with van der Waals surface area (Å²) in [6, 6.07) is 0. The summed E-state index contributed by atoms with van der Waals surface area (Å²) in [6.07, 6.45) is 0. The van der Waals surface area contributed by atoms with E-state index >= 15 is 0 Å². The first kappa shape index (κ1) is 9.41. The van der Waals surface area contributed by atoms with Gasteiger partial charge in [-0.2, -0.15) is 0 Å². The smallest absolute Gasteiger partial charge is 0.146 e. The van der Waals surface area contributed by atoms with Crippen molar-refractivity contribution in [2.24, 2.45) is 0 Å². The summed E-state index contributed by atoms with van der Waals surface area (Å²) in [5.74, 6) is 1.01. The van der Waals surface area contributed by atoms with Gasteiger partial charge in [0.15, 0.2) is 0 Å². The minimum Gasteiger partial charge on any atom is -0.146 e. The molecule has 0 aliphatic rings. The number of hydrogen-bond acceptors (Lipinski definition) is 3. The Bertz CT molecular complexity index is 87.0. The first-order chi connectivity index (χ1) is 4.31. The molecular weight excluding hydrogens is 155 g/mol. The quantitative estimate of drug-likeness (QED) is 0.588. The minimum absolute atomic E-state index is 0.555. The van der Waals surface area contributed by atoms with Crippen molar-refractivity contribution in [1.82, 2.24) is 0 Å². The van der Waals surface area contributed by atoms with Crippen molar-refractivity contribution in [2.75, 3.05) is 17.9 Å². The lowest BCUT2D eigenvalue weighted by atomic mass is 10.9. The second-order valence-electron chi connectivity index (χ2n) is 1.37. The lowest BCUT2D eigenvalue weighted by Crippen LogP contribution is -1.79. The van der Waals surface area contributed by atoms with Crippen molar-refractivity contribution >= 4 is 19.8 Å². The van der Waals surface area contributed by atoms with Gasteiger partial charge in [-0.3, -0.25) is 0 Å². The van der Waals surface area contributed by atoms with Gasteiger partial charge in [0.2, 0.25) is 5.49 Å². The molecule has 9 heavy (non-hydrogen) atoms. The second kappa shape index (κ2) is 6.53. The van der Waals surface area contributed by atoms with Crippen molar-refractivity contribution in [3.05, 3.63) is 0 Å². The molecule has 0 aliphatic heterocycles. The SMILES string of the molecule is CCO[P+](=O)CSCC. The monoisotopic (exact) mass is 167 g/mol. The van der Waals surface area contributed by atoms with Gasteiger partial charge in [-0.1, -0.05) is 6.92 Å². The van der Waals surface area contributed by atoms with E-state index in [9.17, 15) is 4.57 Å². The Morgan fingerprint density at radius 3 is 2.67 bits per heavy atom. The van der Waals surface area contributed by atoms with E-state index in [1.54, 1.807) is 11.8 Å². The molecule has 0 bridgehead atoms. The predicted molar refractivity (Wildman–Crippen MR) is 42.2 cm³/mol. The number of hydrogen-bond donors (Lipinski definition) is 0. The summed E-state index contributed by atoms with van der Waals surface area (Å²) in [4.78, 5) is 0. The fourth-order valence-electron chi connectivity index (χ4n) is 0.347. The van der Waals surface area contributed by atoms with Gasteiger partial charge >= 0.3 is 8.03 Å². The van der Waals surface area contributed by atoms with Crippen molar-refractivity contribution < 1.29 is 9.09 Å². The highest BCUT2D eigenvalue weighted by Crippen LogP contribution is 2.26. The molecule has 1 atom stereocenters. The molecule has 0 aromatic rings. The Hall–Kier alpha value is 0.410. The molecule has 54 valence electrons. The van der Waals surface area contributed by atoms with E-state index in [1.165, 1.54) is 0 Å². The van der Waals surface area contributed by atoms with Crippen molar-refractivity contribution in [2.45, 2.75) is 13.8 Å². The van der Waals surface area contributed by atoms with Gasteiger partial charge in [0.25, 0.3) is 0 Å². The van der Waals surface area contributed by atoms with E-state index in [0.717, 1.165) is 5.75 Å². The summed E-state index contributed by atoms with van der Waals surface area (Å²) < 4.78 is 15.5. The van der Waals surface area contributed by atoms with Crippen LogP contribution in [0.1, 0.15) is 13.8 Å². The standard InChI is InChI=1S/C5H12O2PS/c1-3-7-8(6)5-9-4-2/h3-5H2,1-2H3/q+1. The molecule has 4 heteroatoms. The molecule has 0 aromatic carbocycles. The topological polar surface area (TPSA) is 26.3 Å². The summed E-state index contributed by atoms with van der Waals surface area (Å²) in [5.41, 5.74) is 0.639. The van der Waals surface area contributed by atoms with E-state index in [0.29, 0.717) is 12.1 Å². The third kappa shape index (κ3) is 6.29. The Morgan fingerprint density at radius 2 is 2.22 bits per heavy atom. The third-order valence-corrected chi connectivity index (χ3v) is 3.20. The van der Waals surface area contributed by atoms with E-state index in [4.69, 9.17) is 4.52 Å². The fourth-order valence-corrected chi connectivity index (χ4v) is 2.26. The van der Waals surface area contributed by atoms with Crippen molar-refractivity contribution in [1.29, 1.82) is 0 Å². The average molecular weight is 167 g/mol. The Labute approximate surface area is 61.2 Å². The normalized spacial score (nSPS) is 11.6. The van der Waals surface area contributed by atoms with Gasteiger partial charge in [0.1, 0.15) is 0 Å². The first-order valence-corrected chi connectivity index (χ1v) is 5.48. The molecule has 0 aromatic heterocycles. The molecule has 0 heterocycles. The van der Waals surface area contributed by atoms with Gasteiger partial charge in [0, 0.05) is 0 Å². The van der Waals surface area contributed by atoms with E-state index in [-0.39, 0.29) is 0 Å². The number of rotatable bonds is 5. The highest BCUT2D eigenvalue weighted by molar-refractivity contribution is 8.03. The van der Waals surface area contributed by atoms with Crippen LogP contribution in [0.3, 0.4) is 0 Å². The van der Waals surface area contributed by atoms with E-state index in [1.807, 2.05) is 13.8 Å². The molecule has 0 saturated carbocycles. The van der Waals surface area contributed by atoms with Crippen LogP contribution in [-0.4, -0.2) is 17.9 Å². The molecule has 0 N–H and O–H groups in total. The molecule has 0 saturated heterocycles. The lowest BCUT2D eigenvalue weighted by Gasteiger charge is -1.83. The van der Waals surface area contributed by atoms with Gasteiger partial charge < -0.3 is 0 Å². The Kier molecular flexibility index (Phi) is 6.83. The van der Waals surface area contributed by atoms with Crippen LogP contribution < -0.4 is 0 Å².